The highest BCUT2D eigenvalue weighted by Gasteiger charge is 2.17. The predicted molar refractivity (Wildman–Crippen MR) is 63.4 cm³/mol. The van der Waals surface area contributed by atoms with Crippen molar-refractivity contribution in [2.24, 2.45) is 0 Å². The van der Waals surface area contributed by atoms with Crippen molar-refractivity contribution in [2.45, 2.75) is 38.5 Å². The maximum Gasteiger partial charge on any atom is 0.157 e. The summed E-state index contributed by atoms with van der Waals surface area (Å²) in [5.41, 5.74) is 0. The zero-order chi connectivity index (χ0) is 11.2. The lowest BCUT2D eigenvalue weighted by Gasteiger charge is -2.32. The van der Waals surface area contributed by atoms with Gasteiger partial charge in [-0.3, -0.25) is 4.90 Å². The van der Waals surface area contributed by atoms with Crippen molar-refractivity contribution in [2.75, 3.05) is 39.4 Å². The summed E-state index contributed by atoms with van der Waals surface area (Å²) in [6.07, 6.45) is 3.57. The van der Waals surface area contributed by atoms with Crippen molar-refractivity contribution >= 4 is 0 Å². The van der Waals surface area contributed by atoms with Crippen molar-refractivity contribution in [3.8, 4) is 0 Å². The Morgan fingerprint density at radius 1 is 1.44 bits per heavy atom. The fourth-order valence-corrected chi connectivity index (χ4v) is 2.37. The second kappa shape index (κ2) is 6.55. The van der Waals surface area contributed by atoms with E-state index in [0.717, 1.165) is 45.8 Å². The van der Waals surface area contributed by atoms with Crippen LogP contribution in [0.25, 0.3) is 0 Å². The minimum absolute atomic E-state index is 0.0640. The molecule has 2 aliphatic rings. The van der Waals surface area contributed by atoms with Crippen LogP contribution in [-0.2, 0) is 9.47 Å². The number of hydrogen-bond acceptors (Lipinski definition) is 4. The molecule has 0 radical (unpaired) electrons. The van der Waals surface area contributed by atoms with Crippen molar-refractivity contribution in [1.29, 1.82) is 0 Å². The SMILES string of the molecule is CC1CN(CCOC2CCCCO2)CCN1. The van der Waals surface area contributed by atoms with E-state index in [1.165, 1.54) is 12.8 Å². The lowest BCUT2D eigenvalue weighted by atomic mass is 10.2. The molecular formula is C12H24N2O2. The Bertz CT molecular complexity index is 195. The van der Waals surface area contributed by atoms with Crippen LogP contribution < -0.4 is 5.32 Å². The van der Waals surface area contributed by atoms with Gasteiger partial charge in [-0.2, -0.15) is 0 Å². The number of ether oxygens (including phenoxy) is 2. The van der Waals surface area contributed by atoms with Gasteiger partial charge in [0.05, 0.1) is 6.61 Å². The van der Waals surface area contributed by atoms with Gasteiger partial charge in [0.15, 0.2) is 6.29 Å². The minimum Gasteiger partial charge on any atom is -0.353 e. The van der Waals surface area contributed by atoms with E-state index in [4.69, 9.17) is 9.47 Å². The molecule has 2 atom stereocenters. The molecular weight excluding hydrogens is 204 g/mol. The molecule has 2 rings (SSSR count). The summed E-state index contributed by atoms with van der Waals surface area (Å²) in [4.78, 5) is 2.46. The maximum atomic E-state index is 5.74. The highest BCUT2D eigenvalue weighted by atomic mass is 16.7. The van der Waals surface area contributed by atoms with Gasteiger partial charge < -0.3 is 14.8 Å². The summed E-state index contributed by atoms with van der Waals surface area (Å²) in [6.45, 7) is 8.31. The van der Waals surface area contributed by atoms with Crippen LogP contribution in [0.1, 0.15) is 26.2 Å². The van der Waals surface area contributed by atoms with Crippen molar-refractivity contribution in [3.63, 3.8) is 0 Å². The van der Waals surface area contributed by atoms with Crippen molar-refractivity contribution in [3.05, 3.63) is 0 Å². The van der Waals surface area contributed by atoms with Gasteiger partial charge in [0.2, 0.25) is 0 Å². The standard InChI is InChI=1S/C12H24N2O2/c1-11-10-14(6-5-13-11)7-9-16-12-4-2-3-8-15-12/h11-13H,2-10H2,1H3. The summed E-state index contributed by atoms with van der Waals surface area (Å²) in [5.74, 6) is 0. The molecule has 0 bridgehead atoms. The van der Waals surface area contributed by atoms with Crippen molar-refractivity contribution < 1.29 is 9.47 Å². The first kappa shape index (κ1) is 12.3. The normalized spacial score (nSPS) is 32.8. The molecule has 0 aromatic rings. The zero-order valence-corrected chi connectivity index (χ0v) is 10.3. The molecule has 4 heteroatoms. The van der Waals surface area contributed by atoms with Gasteiger partial charge in [-0.1, -0.05) is 0 Å². The van der Waals surface area contributed by atoms with Gasteiger partial charge in [-0.05, 0) is 26.2 Å². The molecule has 2 unspecified atom stereocenters. The van der Waals surface area contributed by atoms with Crippen LogP contribution >= 0.6 is 0 Å². The van der Waals surface area contributed by atoms with E-state index in [1.807, 2.05) is 0 Å². The third-order valence-corrected chi connectivity index (χ3v) is 3.30. The third kappa shape index (κ3) is 4.01. The van der Waals surface area contributed by atoms with Gasteiger partial charge in [0.1, 0.15) is 0 Å². The van der Waals surface area contributed by atoms with Crippen LogP contribution in [0, 0.1) is 0 Å². The average molecular weight is 228 g/mol. The van der Waals surface area contributed by atoms with Gasteiger partial charge >= 0.3 is 0 Å². The predicted octanol–water partition coefficient (Wildman–Crippen LogP) is 0.823. The molecule has 2 saturated heterocycles. The van der Waals surface area contributed by atoms with Gasteiger partial charge in [0, 0.05) is 38.8 Å². The fourth-order valence-electron chi connectivity index (χ4n) is 2.37. The molecule has 0 saturated carbocycles. The summed E-state index contributed by atoms with van der Waals surface area (Å²) in [6, 6.07) is 0.611. The molecule has 1 N–H and O–H groups in total. The van der Waals surface area contributed by atoms with Crippen LogP contribution in [-0.4, -0.2) is 56.6 Å². The van der Waals surface area contributed by atoms with E-state index in [0.29, 0.717) is 6.04 Å². The fraction of sp³-hybridized carbons (Fsp3) is 1.00. The van der Waals surface area contributed by atoms with E-state index >= 15 is 0 Å². The summed E-state index contributed by atoms with van der Waals surface area (Å²) in [7, 11) is 0. The Kier molecular flexibility index (Phi) is 5.03. The van der Waals surface area contributed by atoms with Gasteiger partial charge in [-0.15, -0.1) is 0 Å². The first-order chi connectivity index (χ1) is 7.84. The highest BCUT2D eigenvalue weighted by Crippen LogP contribution is 2.13. The monoisotopic (exact) mass is 228 g/mol. The molecule has 0 amide bonds. The minimum atomic E-state index is 0.0640. The van der Waals surface area contributed by atoms with E-state index < -0.39 is 0 Å². The molecule has 0 spiro atoms. The number of hydrogen-bond donors (Lipinski definition) is 1. The largest absolute Gasteiger partial charge is 0.353 e. The molecule has 0 aliphatic carbocycles. The van der Waals surface area contributed by atoms with Crippen LogP contribution in [0.15, 0.2) is 0 Å². The molecule has 16 heavy (non-hydrogen) atoms. The lowest BCUT2D eigenvalue weighted by molar-refractivity contribution is -0.164. The van der Waals surface area contributed by atoms with Crippen molar-refractivity contribution in [1.82, 2.24) is 10.2 Å². The Morgan fingerprint density at radius 2 is 2.38 bits per heavy atom. The van der Waals surface area contributed by atoms with E-state index in [1.54, 1.807) is 0 Å². The maximum absolute atomic E-state index is 5.74. The smallest absolute Gasteiger partial charge is 0.157 e. The summed E-state index contributed by atoms with van der Waals surface area (Å²) < 4.78 is 11.3. The molecule has 2 heterocycles. The van der Waals surface area contributed by atoms with Gasteiger partial charge in [0.25, 0.3) is 0 Å². The Balaban J connectivity index is 1.56. The Morgan fingerprint density at radius 3 is 3.12 bits per heavy atom. The van der Waals surface area contributed by atoms with Crippen LogP contribution in [0.4, 0.5) is 0 Å². The molecule has 4 nitrogen and oxygen atoms in total. The Labute approximate surface area is 98.3 Å². The second-order valence-electron chi connectivity index (χ2n) is 4.82. The van der Waals surface area contributed by atoms with E-state index in [2.05, 4.69) is 17.1 Å². The van der Waals surface area contributed by atoms with Gasteiger partial charge in [-0.25, -0.2) is 0 Å². The van der Waals surface area contributed by atoms with Crippen LogP contribution in [0.2, 0.25) is 0 Å². The third-order valence-electron chi connectivity index (χ3n) is 3.30. The molecule has 2 aliphatic heterocycles. The first-order valence-electron chi connectivity index (χ1n) is 6.53. The second-order valence-corrected chi connectivity index (χ2v) is 4.82. The molecule has 94 valence electrons. The van der Waals surface area contributed by atoms with Crippen LogP contribution in [0.5, 0.6) is 0 Å². The number of rotatable bonds is 4. The summed E-state index contributed by atoms with van der Waals surface area (Å²) in [5, 5.41) is 3.44. The lowest BCUT2D eigenvalue weighted by Crippen LogP contribution is -2.50. The average Bonchev–Trinajstić information content (AvgIpc) is 2.30. The van der Waals surface area contributed by atoms with Crippen LogP contribution in [0.3, 0.4) is 0 Å². The highest BCUT2D eigenvalue weighted by molar-refractivity contribution is 4.74. The topological polar surface area (TPSA) is 33.7 Å². The quantitative estimate of drug-likeness (QED) is 0.772. The van der Waals surface area contributed by atoms with E-state index in [-0.39, 0.29) is 6.29 Å². The summed E-state index contributed by atoms with van der Waals surface area (Å²) >= 11 is 0. The first-order valence-corrected chi connectivity index (χ1v) is 6.53. The Hall–Kier alpha value is -0.160. The zero-order valence-electron chi connectivity index (χ0n) is 10.3. The molecule has 0 aromatic carbocycles. The van der Waals surface area contributed by atoms with E-state index in [9.17, 15) is 0 Å². The molecule has 0 aromatic heterocycles. The number of nitrogens with zero attached hydrogens (tertiary/aromatic N) is 1. The number of piperazine rings is 1. The number of nitrogens with one attached hydrogen (secondary N) is 1. The molecule has 2 fully saturated rings.